The number of aryl methyl sites for hydroxylation is 2. The first-order valence-electron chi connectivity index (χ1n) is 6.35. The van der Waals surface area contributed by atoms with E-state index in [1.54, 1.807) is 17.4 Å². The third kappa shape index (κ3) is 4.87. The third-order valence-corrected chi connectivity index (χ3v) is 3.92. The molecule has 0 spiro atoms. The van der Waals surface area contributed by atoms with Gasteiger partial charge in [0.15, 0.2) is 0 Å². The molecule has 108 valence electrons. The van der Waals surface area contributed by atoms with Gasteiger partial charge < -0.3 is 11.1 Å². The third-order valence-electron chi connectivity index (χ3n) is 2.86. The number of anilines is 2. The van der Waals surface area contributed by atoms with E-state index in [9.17, 15) is 4.79 Å². The first kappa shape index (κ1) is 16.5. The monoisotopic (exact) mass is 310 g/mol. The molecule has 0 bridgehead atoms. The van der Waals surface area contributed by atoms with E-state index in [-0.39, 0.29) is 18.3 Å². The number of nitrogens with one attached hydrogen (secondary N) is 1. The van der Waals surface area contributed by atoms with E-state index in [1.807, 2.05) is 18.2 Å². The molecule has 3 N–H and O–H groups in total. The lowest BCUT2D eigenvalue weighted by Gasteiger charge is -2.07. The molecule has 1 aromatic carbocycles. The Bertz CT molecular complexity index is 569. The summed E-state index contributed by atoms with van der Waals surface area (Å²) in [6.45, 7) is 2.10. The molecule has 0 fully saturated rings. The lowest BCUT2D eigenvalue weighted by molar-refractivity contribution is -0.116. The van der Waals surface area contributed by atoms with Crippen LogP contribution in [0.1, 0.15) is 22.6 Å². The molecule has 0 saturated carbocycles. The second-order valence-corrected chi connectivity index (χ2v) is 5.87. The molecule has 0 aliphatic heterocycles. The first-order chi connectivity index (χ1) is 9.15. The molecule has 0 unspecified atom stereocenters. The number of nitrogens with two attached hydrogens (primary N) is 1. The van der Waals surface area contributed by atoms with E-state index in [0.29, 0.717) is 17.8 Å². The van der Waals surface area contributed by atoms with E-state index in [2.05, 4.69) is 24.4 Å². The summed E-state index contributed by atoms with van der Waals surface area (Å²) in [6, 6.07) is 11.6. The summed E-state index contributed by atoms with van der Waals surface area (Å²) in [5.74, 6) is 0.0196. The van der Waals surface area contributed by atoms with Gasteiger partial charge in [0.1, 0.15) is 0 Å². The van der Waals surface area contributed by atoms with Crippen LogP contribution in [0, 0.1) is 6.92 Å². The summed E-state index contributed by atoms with van der Waals surface area (Å²) in [5.41, 5.74) is 7.07. The second kappa shape index (κ2) is 7.92. The number of carbonyl (C=O) groups is 1. The summed E-state index contributed by atoms with van der Waals surface area (Å²) in [7, 11) is 0. The standard InChI is InChI=1S/C15H18N2OS.ClH/c1-11-9-10-12(19-11)5-4-8-15(18)17-14-7-3-2-6-13(14)16;/h2-3,6-7,9-10H,4-5,8,16H2,1H3,(H,17,18);1H. The molecular formula is C15H19ClN2OS. The van der Waals surface area contributed by atoms with Gasteiger partial charge in [0.25, 0.3) is 0 Å². The van der Waals surface area contributed by atoms with Crippen molar-refractivity contribution >= 4 is 41.0 Å². The molecule has 1 amide bonds. The van der Waals surface area contributed by atoms with Gasteiger partial charge in [-0.15, -0.1) is 23.7 Å². The molecule has 3 nitrogen and oxygen atoms in total. The van der Waals surface area contributed by atoms with Crippen LogP contribution >= 0.6 is 23.7 Å². The van der Waals surface area contributed by atoms with Crippen molar-refractivity contribution in [3.05, 3.63) is 46.2 Å². The zero-order chi connectivity index (χ0) is 13.7. The molecular weight excluding hydrogens is 292 g/mol. The van der Waals surface area contributed by atoms with E-state index in [0.717, 1.165) is 12.8 Å². The fourth-order valence-electron chi connectivity index (χ4n) is 1.87. The fraction of sp³-hybridized carbons (Fsp3) is 0.267. The van der Waals surface area contributed by atoms with Crippen LogP contribution in [-0.4, -0.2) is 5.91 Å². The summed E-state index contributed by atoms with van der Waals surface area (Å²) >= 11 is 1.79. The highest BCUT2D eigenvalue weighted by Crippen LogP contribution is 2.19. The highest BCUT2D eigenvalue weighted by Gasteiger charge is 2.05. The number of halogens is 1. The summed E-state index contributed by atoms with van der Waals surface area (Å²) in [5, 5.41) is 2.84. The number of para-hydroxylation sites is 2. The molecule has 0 aliphatic rings. The Morgan fingerprint density at radius 3 is 2.65 bits per heavy atom. The predicted molar refractivity (Wildman–Crippen MR) is 88.7 cm³/mol. The van der Waals surface area contributed by atoms with Gasteiger partial charge in [-0.05, 0) is 44.0 Å². The number of hydrogen-bond donors (Lipinski definition) is 2. The lowest BCUT2D eigenvalue weighted by atomic mass is 10.2. The Balaban J connectivity index is 0.00000200. The highest BCUT2D eigenvalue weighted by atomic mass is 35.5. The van der Waals surface area contributed by atoms with Crippen LogP contribution in [0.3, 0.4) is 0 Å². The topological polar surface area (TPSA) is 55.1 Å². The molecule has 2 rings (SSSR count). The molecule has 1 aromatic heterocycles. The van der Waals surface area contributed by atoms with Crippen LogP contribution in [0.5, 0.6) is 0 Å². The normalized spacial score (nSPS) is 9.85. The van der Waals surface area contributed by atoms with E-state index in [4.69, 9.17) is 5.73 Å². The van der Waals surface area contributed by atoms with Gasteiger partial charge in [0.05, 0.1) is 11.4 Å². The number of rotatable bonds is 5. The predicted octanol–water partition coefficient (Wildman–Crippen LogP) is 4.02. The maximum Gasteiger partial charge on any atom is 0.224 e. The molecule has 1 heterocycles. The summed E-state index contributed by atoms with van der Waals surface area (Å²) in [6.07, 6.45) is 2.33. The number of nitrogen functional groups attached to an aromatic ring is 1. The van der Waals surface area contributed by atoms with Crippen molar-refractivity contribution < 1.29 is 4.79 Å². The Morgan fingerprint density at radius 1 is 1.25 bits per heavy atom. The van der Waals surface area contributed by atoms with Crippen molar-refractivity contribution in [1.82, 2.24) is 0 Å². The van der Waals surface area contributed by atoms with Gasteiger partial charge in [0.2, 0.25) is 5.91 Å². The second-order valence-electron chi connectivity index (χ2n) is 4.50. The van der Waals surface area contributed by atoms with Gasteiger partial charge in [-0.25, -0.2) is 0 Å². The van der Waals surface area contributed by atoms with Crippen molar-refractivity contribution in [1.29, 1.82) is 0 Å². The van der Waals surface area contributed by atoms with E-state index >= 15 is 0 Å². The van der Waals surface area contributed by atoms with Crippen molar-refractivity contribution in [2.45, 2.75) is 26.2 Å². The van der Waals surface area contributed by atoms with Gasteiger partial charge >= 0.3 is 0 Å². The van der Waals surface area contributed by atoms with Crippen molar-refractivity contribution in [3.8, 4) is 0 Å². The summed E-state index contributed by atoms with van der Waals surface area (Å²) in [4.78, 5) is 14.5. The maximum atomic E-state index is 11.8. The molecule has 5 heteroatoms. The van der Waals surface area contributed by atoms with E-state index < -0.39 is 0 Å². The number of amides is 1. The van der Waals surface area contributed by atoms with Crippen molar-refractivity contribution in [2.75, 3.05) is 11.1 Å². The van der Waals surface area contributed by atoms with E-state index in [1.165, 1.54) is 9.75 Å². The number of hydrogen-bond acceptors (Lipinski definition) is 3. The number of carbonyl (C=O) groups excluding carboxylic acids is 1. The van der Waals surface area contributed by atoms with Gasteiger partial charge in [-0.2, -0.15) is 0 Å². The van der Waals surface area contributed by atoms with Gasteiger partial charge in [-0.3, -0.25) is 4.79 Å². The zero-order valence-electron chi connectivity index (χ0n) is 11.4. The Morgan fingerprint density at radius 2 is 2.00 bits per heavy atom. The molecule has 20 heavy (non-hydrogen) atoms. The van der Waals surface area contributed by atoms with Crippen LogP contribution in [0.15, 0.2) is 36.4 Å². The molecule has 2 aromatic rings. The molecule has 0 aliphatic carbocycles. The average Bonchev–Trinajstić information content (AvgIpc) is 2.78. The lowest BCUT2D eigenvalue weighted by Crippen LogP contribution is -2.12. The Kier molecular flexibility index (Phi) is 6.55. The average molecular weight is 311 g/mol. The van der Waals surface area contributed by atoms with Crippen LogP contribution in [0.4, 0.5) is 11.4 Å². The van der Waals surface area contributed by atoms with Gasteiger partial charge in [-0.1, -0.05) is 12.1 Å². The largest absolute Gasteiger partial charge is 0.397 e. The molecule has 0 saturated heterocycles. The zero-order valence-corrected chi connectivity index (χ0v) is 13.0. The van der Waals surface area contributed by atoms with Crippen LogP contribution in [-0.2, 0) is 11.2 Å². The van der Waals surface area contributed by atoms with Crippen LogP contribution in [0.25, 0.3) is 0 Å². The highest BCUT2D eigenvalue weighted by molar-refractivity contribution is 7.11. The quantitative estimate of drug-likeness (QED) is 0.819. The minimum atomic E-state index is 0. The summed E-state index contributed by atoms with van der Waals surface area (Å²) < 4.78 is 0. The minimum Gasteiger partial charge on any atom is -0.397 e. The van der Waals surface area contributed by atoms with Gasteiger partial charge in [0, 0.05) is 16.2 Å². The molecule has 0 radical (unpaired) electrons. The number of benzene rings is 1. The Hall–Kier alpha value is -1.52. The molecule has 0 atom stereocenters. The smallest absolute Gasteiger partial charge is 0.224 e. The minimum absolute atomic E-state index is 0. The van der Waals surface area contributed by atoms with Crippen LogP contribution < -0.4 is 11.1 Å². The van der Waals surface area contributed by atoms with Crippen molar-refractivity contribution in [2.24, 2.45) is 0 Å². The van der Waals surface area contributed by atoms with Crippen molar-refractivity contribution in [3.63, 3.8) is 0 Å². The SMILES string of the molecule is Cc1ccc(CCCC(=O)Nc2ccccc2N)s1.Cl. The fourth-order valence-corrected chi connectivity index (χ4v) is 2.80. The van der Waals surface area contributed by atoms with Crippen LogP contribution in [0.2, 0.25) is 0 Å². The Labute approximate surface area is 129 Å². The number of thiophene rings is 1. The maximum absolute atomic E-state index is 11.8. The first-order valence-corrected chi connectivity index (χ1v) is 7.16.